The van der Waals surface area contributed by atoms with E-state index in [1.165, 1.54) is 31.4 Å². The Hall–Kier alpha value is -2.29. The predicted molar refractivity (Wildman–Crippen MR) is 114 cm³/mol. The average Bonchev–Trinajstić information content (AvgIpc) is 2.65. The molecule has 1 N–H and O–H groups in total. The third-order valence-electron chi connectivity index (χ3n) is 4.04. The van der Waals surface area contributed by atoms with Crippen molar-refractivity contribution < 1.29 is 22.7 Å². The number of amides is 1. The van der Waals surface area contributed by atoms with E-state index in [-0.39, 0.29) is 28.4 Å². The van der Waals surface area contributed by atoms with E-state index < -0.39 is 27.9 Å². The van der Waals surface area contributed by atoms with Crippen LogP contribution < -0.4 is 9.62 Å². The maximum absolute atomic E-state index is 13.0. The van der Waals surface area contributed by atoms with E-state index in [0.717, 1.165) is 10.6 Å². The van der Waals surface area contributed by atoms with Crippen LogP contribution in [0.4, 0.5) is 11.4 Å². The van der Waals surface area contributed by atoms with Gasteiger partial charge in [0.15, 0.2) is 0 Å². The molecule has 0 bridgehead atoms. The Morgan fingerprint density at radius 2 is 1.86 bits per heavy atom. The first kappa shape index (κ1) is 23.0. The van der Waals surface area contributed by atoms with E-state index in [2.05, 4.69) is 10.1 Å². The number of halogens is 2. The van der Waals surface area contributed by atoms with Crippen LogP contribution in [0.2, 0.25) is 10.0 Å². The van der Waals surface area contributed by atoms with Crippen LogP contribution in [-0.2, 0) is 19.6 Å². The zero-order valence-electron chi connectivity index (χ0n) is 16.0. The first-order valence-electron chi connectivity index (χ1n) is 8.52. The number of hydrogen-bond donors (Lipinski definition) is 1. The number of nitrogens with one attached hydrogen (secondary N) is 1. The third kappa shape index (κ3) is 5.62. The highest BCUT2D eigenvalue weighted by Gasteiger charge is 2.32. The topological polar surface area (TPSA) is 92.8 Å². The maximum Gasteiger partial charge on any atom is 0.337 e. The van der Waals surface area contributed by atoms with Crippen molar-refractivity contribution in [2.75, 3.05) is 23.0 Å². The lowest BCUT2D eigenvalue weighted by atomic mass is 10.1. The molecule has 0 aromatic heterocycles. The molecule has 156 valence electrons. The number of hydrogen-bond acceptors (Lipinski definition) is 5. The molecule has 0 aliphatic carbocycles. The van der Waals surface area contributed by atoms with E-state index in [1.807, 2.05) is 0 Å². The quantitative estimate of drug-likeness (QED) is 0.633. The summed E-state index contributed by atoms with van der Waals surface area (Å²) in [6.07, 6.45) is 1.19. The summed E-state index contributed by atoms with van der Waals surface area (Å²) in [6.45, 7) is 1.68. The molecule has 2 rings (SSSR count). The number of methoxy groups -OCH3 is 1. The van der Waals surface area contributed by atoms with Gasteiger partial charge in [-0.1, -0.05) is 36.2 Å². The summed E-state index contributed by atoms with van der Waals surface area (Å²) in [6, 6.07) is 9.40. The van der Waals surface area contributed by atoms with E-state index in [4.69, 9.17) is 23.2 Å². The van der Waals surface area contributed by atoms with Gasteiger partial charge in [0, 0.05) is 5.02 Å². The minimum absolute atomic E-state index is 0.164. The highest BCUT2D eigenvalue weighted by atomic mass is 35.5. The monoisotopic (exact) mass is 458 g/mol. The van der Waals surface area contributed by atoms with Crippen LogP contribution >= 0.6 is 23.2 Å². The van der Waals surface area contributed by atoms with Gasteiger partial charge in [-0.3, -0.25) is 9.10 Å². The van der Waals surface area contributed by atoms with Crippen LogP contribution in [0.1, 0.15) is 23.7 Å². The standard InChI is InChI=1S/C19H20Cl2N2O5S/c1-4-17(23(29(3,26)27)14-7-5-6-13(20)11-14)18(24)22-16-10-12(19(25)28-2)8-9-15(16)21/h5-11,17H,4H2,1-3H3,(H,22,24)/t17-/m1/s1. The summed E-state index contributed by atoms with van der Waals surface area (Å²) in [5.74, 6) is -1.21. The zero-order chi connectivity index (χ0) is 21.8. The molecule has 1 atom stereocenters. The first-order chi connectivity index (χ1) is 13.6. The van der Waals surface area contributed by atoms with Gasteiger partial charge >= 0.3 is 5.97 Å². The van der Waals surface area contributed by atoms with Crippen LogP contribution in [0, 0.1) is 0 Å². The fourth-order valence-corrected chi connectivity index (χ4v) is 4.31. The highest BCUT2D eigenvalue weighted by Crippen LogP contribution is 2.28. The molecule has 7 nitrogen and oxygen atoms in total. The molecule has 2 aromatic rings. The second-order valence-corrected chi connectivity index (χ2v) is 8.84. The Balaban J connectivity index is 2.42. The Morgan fingerprint density at radius 1 is 1.17 bits per heavy atom. The Labute approximate surface area is 179 Å². The summed E-state index contributed by atoms with van der Waals surface area (Å²) in [5, 5.41) is 3.12. The molecule has 0 fully saturated rings. The minimum Gasteiger partial charge on any atom is -0.465 e. The van der Waals surface area contributed by atoms with Crippen molar-refractivity contribution in [3.63, 3.8) is 0 Å². The molecule has 0 saturated carbocycles. The van der Waals surface area contributed by atoms with Crippen molar-refractivity contribution in [3.05, 3.63) is 58.1 Å². The smallest absolute Gasteiger partial charge is 0.337 e. The van der Waals surface area contributed by atoms with Crippen molar-refractivity contribution in [1.29, 1.82) is 0 Å². The zero-order valence-corrected chi connectivity index (χ0v) is 18.3. The molecular weight excluding hydrogens is 439 g/mol. The summed E-state index contributed by atoms with van der Waals surface area (Å²) < 4.78 is 30.6. The second kappa shape index (κ2) is 9.47. The average molecular weight is 459 g/mol. The number of benzene rings is 2. The number of ether oxygens (including phenoxy) is 1. The maximum atomic E-state index is 13.0. The van der Waals surface area contributed by atoms with Crippen LogP contribution in [0.3, 0.4) is 0 Å². The lowest BCUT2D eigenvalue weighted by molar-refractivity contribution is -0.117. The van der Waals surface area contributed by atoms with Crippen molar-refractivity contribution in [3.8, 4) is 0 Å². The highest BCUT2D eigenvalue weighted by molar-refractivity contribution is 7.92. The lowest BCUT2D eigenvalue weighted by Crippen LogP contribution is -2.47. The number of anilines is 2. The first-order valence-corrected chi connectivity index (χ1v) is 11.1. The molecule has 0 radical (unpaired) electrons. The molecular formula is C19H20Cl2N2O5S. The summed E-state index contributed by atoms with van der Waals surface area (Å²) in [5.41, 5.74) is 0.615. The van der Waals surface area contributed by atoms with Gasteiger partial charge in [-0.25, -0.2) is 13.2 Å². The lowest BCUT2D eigenvalue weighted by Gasteiger charge is -2.30. The molecule has 0 saturated heterocycles. The van der Waals surface area contributed by atoms with Gasteiger partial charge in [-0.2, -0.15) is 0 Å². The Kier molecular flexibility index (Phi) is 7.51. The molecule has 1 amide bonds. The Morgan fingerprint density at radius 3 is 2.41 bits per heavy atom. The van der Waals surface area contributed by atoms with Crippen LogP contribution in [0.5, 0.6) is 0 Å². The number of esters is 1. The second-order valence-electron chi connectivity index (χ2n) is 6.14. The molecule has 0 spiro atoms. The molecule has 0 aliphatic heterocycles. The number of nitrogens with zero attached hydrogens (tertiary/aromatic N) is 1. The van der Waals surface area contributed by atoms with Crippen LogP contribution in [-0.4, -0.2) is 39.7 Å². The van der Waals surface area contributed by atoms with E-state index >= 15 is 0 Å². The fraction of sp³-hybridized carbons (Fsp3) is 0.263. The van der Waals surface area contributed by atoms with Crippen LogP contribution in [0.15, 0.2) is 42.5 Å². The minimum atomic E-state index is -3.81. The van der Waals surface area contributed by atoms with Gasteiger partial charge in [-0.05, 0) is 42.8 Å². The summed E-state index contributed by atoms with van der Waals surface area (Å²) in [4.78, 5) is 24.7. The molecule has 0 unspecified atom stereocenters. The molecule has 10 heteroatoms. The van der Waals surface area contributed by atoms with Crippen LogP contribution in [0.25, 0.3) is 0 Å². The molecule has 2 aromatic carbocycles. The predicted octanol–water partition coefficient (Wildman–Crippen LogP) is 3.96. The third-order valence-corrected chi connectivity index (χ3v) is 5.78. The van der Waals surface area contributed by atoms with Gasteiger partial charge < -0.3 is 10.1 Å². The summed E-state index contributed by atoms with van der Waals surface area (Å²) >= 11 is 12.1. The van der Waals surface area contributed by atoms with Crippen molar-refractivity contribution >= 4 is 56.5 Å². The number of sulfonamides is 1. The largest absolute Gasteiger partial charge is 0.465 e. The van der Waals surface area contributed by atoms with Gasteiger partial charge in [0.2, 0.25) is 15.9 Å². The van der Waals surface area contributed by atoms with Crippen molar-refractivity contribution in [2.24, 2.45) is 0 Å². The fourth-order valence-electron chi connectivity index (χ4n) is 2.76. The number of carbonyl (C=O) groups is 2. The van der Waals surface area contributed by atoms with E-state index in [0.29, 0.717) is 5.02 Å². The number of rotatable bonds is 7. The molecule has 29 heavy (non-hydrogen) atoms. The summed E-state index contributed by atoms with van der Waals surface area (Å²) in [7, 11) is -2.58. The molecule has 0 aliphatic rings. The van der Waals surface area contributed by atoms with E-state index in [1.54, 1.807) is 25.1 Å². The normalized spacial score (nSPS) is 12.2. The van der Waals surface area contributed by atoms with Gasteiger partial charge in [0.25, 0.3) is 0 Å². The van der Waals surface area contributed by atoms with E-state index in [9.17, 15) is 18.0 Å². The van der Waals surface area contributed by atoms with Gasteiger partial charge in [-0.15, -0.1) is 0 Å². The Bertz CT molecular complexity index is 1030. The van der Waals surface area contributed by atoms with Crippen molar-refractivity contribution in [1.82, 2.24) is 0 Å². The van der Waals surface area contributed by atoms with Gasteiger partial charge in [0.1, 0.15) is 6.04 Å². The number of carbonyl (C=O) groups excluding carboxylic acids is 2. The SMILES string of the molecule is CC[C@H](C(=O)Nc1cc(C(=O)OC)ccc1Cl)N(c1cccc(Cl)c1)S(C)(=O)=O. The van der Waals surface area contributed by atoms with Crippen molar-refractivity contribution in [2.45, 2.75) is 19.4 Å². The molecule has 0 heterocycles. The van der Waals surface area contributed by atoms with Gasteiger partial charge in [0.05, 0.1) is 35.3 Å².